The first-order valence-corrected chi connectivity index (χ1v) is 7.75. The Morgan fingerprint density at radius 3 is 2.36 bits per heavy atom. The lowest BCUT2D eigenvalue weighted by Crippen LogP contribution is -2.17. The molecule has 0 saturated carbocycles. The van der Waals surface area contributed by atoms with Crippen molar-refractivity contribution in [1.82, 2.24) is 5.43 Å². The number of nitrogens with one attached hydrogen (secondary N) is 1. The third-order valence-corrected chi connectivity index (χ3v) is 3.81. The Labute approximate surface area is 145 Å². The summed E-state index contributed by atoms with van der Waals surface area (Å²) >= 11 is 0. The van der Waals surface area contributed by atoms with Crippen molar-refractivity contribution in [2.24, 2.45) is 5.10 Å². The molecule has 3 aromatic carbocycles. The van der Waals surface area contributed by atoms with Gasteiger partial charge in [0.1, 0.15) is 11.5 Å². The van der Waals surface area contributed by atoms with E-state index in [1.807, 2.05) is 42.5 Å². The summed E-state index contributed by atoms with van der Waals surface area (Å²) in [5, 5.41) is 6.27. The van der Waals surface area contributed by atoms with E-state index in [2.05, 4.69) is 10.5 Å². The van der Waals surface area contributed by atoms with Crippen LogP contribution >= 0.6 is 0 Å². The van der Waals surface area contributed by atoms with Crippen LogP contribution in [0.25, 0.3) is 10.8 Å². The molecule has 5 heteroatoms. The monoisotopic (exact) mass is 334 g/mol. The molecule has 0 bridgehead atoms. The minimum absolute atomic E-state index is 0.339. The van der Waals surface area contributed by atoms with E-state index in [1.54, 1.807) is 24.4 Å². The lowest BCUT2D eigenvalue weighted by molar-refractivity contribution is 0.0954. The molecule has 0 fully saturated rings. The van der Waals surface area contributed by atoms with Crippen molar-refractivity contribution in [3.05, 3.63) is 71.8 Å². The van der Waals surface area contributed by atoms with Gasteiger partial charge >= 0.3 is 0 Å². The Bertz CT molecular complexity index is 908. The van der Waals surface area contributed by atoms with Gasteiger partial charge in [-0.2, -0.15) is 5.10 Å². The van der Waals surface area contributed by atoms with Gasteiger partial charge in [0.25, 0.3) is 5.91 Å². The van der Waals surface area contributed by atoms with Crippen molar-refractivity contribution >= 4 is 22.9 Å². The van der Waals surface area contributed by atoms with E-state index < -0.39 is 0 Å². The Balaban J connectivity index is 1.79. The Kier molecular flexibility index (Phi) is 4.95. The zero-order valence-electron chi connectivity index (χ0n) is 14.0. The summed E-state index contributed by atoms with van der Waals surface area (Å²) in [7, 11) is 3.07. The largest absolute Gasteiger partial charge is 0.497 e. The summed E-state index contributed by atoms with van der Waals surface area (Å²) in [6, 6.07) is 18.9. The smallest absolute Gasteiger partial charge is 0.271 e. The number of hydrogen-bond acceptors (Lipinski definition) is 4. The minimum atomic E-state index is -0.339. The van der Waals surface area contributed by atoms with Crippen LogP contribution in [0.1, 0.15) is 15.9 Å². The predicted octanol–water partition coefficient (Wildman–Crippen LogP) is 3.62. The molecule has 0 radical (unpaired) electrons. The van der Waals surface area contributed by atoms with Crippen molar-refractivity contribution in [3.63, 3.8) is 0 Å². The van der Waals surface area contributed by atoms with Gasteiger partial charge in [0.2, 0.25) is 0 Å². The number of ether oxygens (including phenoxy) is 2. The molecule has 1 N–H and O–H groups in total. The van der Waals surface area contributed by atoms with Gasteiger partial charge in [0, 0.05) is 17.2 Å². The van der Waals surface area contributed by atoms with Crippen LogP contribution in [0.2, 0.25) is 0 Å². The molecule has 0 heterocycles. The number of fused-ring (bicyclic) bond motifs is 1. The van der Waals surface area contributed by atoms with Crippen LogP contribution in [-0.2, 0) is 0 Å². The van der Waals surface area contributed by atoms with Crippen LogP contribution in [0, 0.1) is 0 Å². The van der Waals surface area contributed by atoms with Gasteiger partial charge in [0.05, 0.1) is 20.4 Å². The first kappa shape index (κ1) is 16.5. The molecule has 0 aliphatic rings. The standard InChI is InChI=1S/C20H18N2O3/c1-24-17-10-16(11-18(12-17)25-2)20(23)22-21-13-15-8-5-7-14-6-3-4-9-19(14)15/h3-13H,1-2H3,(H,22,23). The van der Waals surface area contributed by atoms with Crippen LogP contribution in [-0.4, -0.2) is 26.3 Å². The van der Waals surface area contributed by atoms with E-state index in [-0.39, 0.29) is 5.91 Å². The zero-order chi connectivity index (χ0) is 17.6. The second kappa shape index (κ2) is 7.49. The first-order chi connectivity index (χ1) is 12.2. The topological polar surface area (TPSA) is 59.9 Å². The average Bonchev–Trinajstić information content (AvgIpc) is 2.67. The van der Waals surface area contributed by atoms with E-state index in [4.69, 9.17) is 9.47 Å². The summed E-state index contributed by atoms with van der Waals surface area (Å²) in [5.41, 5.74) is 3.87. The number of hydrazone groups is 1. The lowest BCUT2D eigenvalue weighted by atomic mass is 10.1. The maximum absolute atomic E-state index is 12.3. The number of rotatable bonds is 5. The number of amides is 1. The second-order valence-corrected chi connectivity index (χ2v) is 5.37. The lowest BCUT2D eigenvalue weighted by Gasteiger charge is -2.07. The van der Waals surface area contributed by atoms with Gasteiger partial charge in [-0.25, -0.2) is 5.43 Å². The molecule has 0 unspecified atom stereocenters. The highest BCUT2D eigenvalue weighted by Gasteiger charge is 2.09. The summed E-state index contributed by atoms with van der Waals surface area (Å²) in [4.78, 5) is 12.3. The van der Waals surface area contributed by atoms with Crippen molar-refractivity contribution < 1.29 is 14.3 Å². The van der Waals surface area contributed by atoms with E-state index in [9.17, 15) is 4.79 Å². The molecule has 0 aliphatic carbocycles. The van der Waals surface area contributed by atoms with Gasteiger partial charge in [0.15, 0.2) is 0 Å². The maximum atomic E-state index is 12.3. The molecule has 25 heavy (non-hydrogen) atoms. The number of carbonyl (C=O) groups is 1. The Morgan fingerprint density at radius 1 is 0.960 bits per heavy atom. The summed E-state index contributed by atoms with van der Waals surface area (Å²) < 4.78 is 10.3. The molecular weight excluding hydrogens is 316 g/mol. The summed E-state index contributed by atoms with van der Waals surface area (Å²) in [5.74, 6) is 0.749. The van der Waals surface area contributed by atoms with Crippen LogP contribution in [0.4, 0.5) is 0 Å². The normalized spacial score (nSPS) is 10.8. The van der Waals surface area contributed by atoms with Crippen LogP contribution in [0.15, 0.2) is 65.8 Å². The second-order valence-electron chi connectivity index (χ2n) is 5.37. The highest BCUT2D eigenvalue weighted by atomic mass is 16.5. The molecule has 0 atom stereocenters. The van der Waals surface area contributed by atoms with Gasteiger partial charge in [-0.3, -0.25) is 4.79 Å². The fraction of sp³-hybridized carbons (Fsp3) is 0.100. The molecule has 5 nitrogen and oxygen atoms in total. The Hall–Kier alpha value is -3.34. The third kappa shape index (κ3) is 3.77. The predicted molar refractivity (Wildman–Crippen MR) is 98.6 cm³/mol. The molecule has 0 aliphatic heterocycles. The number of carbonyl (C=O) groups excluding carboxylic acids is 1. The number of benzene rings is 3. The first-order valence-electron chi connectivity index (χ1n) is 7.75. The van der Waals surface area contributed by atoms with E-state index >= 15 is 0 Å². The van der Waals surface area contributed by atoms with Crippen LogP contribution < -0.4 is 14.9 Å². The van der Waals surface area contributed by atoms with Crippen molar-refractivity contribution in [1.29, 1.82) is 0 Å². The van der Waals surface area contributed by atoms with E-state index in [0.29, 0.717) is 17.1 Å². The van der Waals surface area contributed by atoms with Gasteiger partial charge in [-0.15, -0.1) is 0 Å². The molecule has 1 amide bonds. The summed E-state index contributed by atoms with van der Waals surface area (Å²) in [6.45, 7) is 0. The molecular formula is C20H18N2O3. The van der Waals surface area contributed by atoms with Crippen LogP contribution in [0.3, 0.4) is 0 Å². The molecule has 0 saturated heterocycles. The SMILES string of the molecule is COc1cc(OC)cc(C(=O)NN=Cc2cccc3ccccc23)c1. The van der Waals surface area contributed by atoms with Crippen molar-refractivity contribution in [3.8, 4) is 11.5 Å². The highest BCUT2D eigenvalue weighted by Crippen LogP contribution is 2.22. The molecule has 126 valence electrons. The van der Waals surface area contributed by atoms with E-state index in [1.165, 1.54) is 14.2 Å². The molecule has 0 spiro atoms. The quantitative estimate of drug-likeness (QED) is 0.573. The minimum Gasteiger partial charge on any atom is -0.497 e. The van der Waals surface area contributed by atoms with E-state index in [0.717, 1.165) is 16.3 Å². The van der Waals surface area contributed by atoms with Gasteiger partial charge in [-0.05, 0) is 22.9 Å². The number of nitrogens with zero attached hydrogens (tertiary/aromatic N) is 1. The number of hydrogen-bond donors (Lipinski definition) is 1. The van der Waals surface area contributed by atoms with Gasteiger partial charge in [-0.1, -0.05) is 42.5 Å². The summed E-state index contributed by atoms with van der Waals surface area (Å²) in [6.07, 6.45) is 1.64. The zero-order valence-corrected chi connectivity index (χ0v) is 14.0. The average molecular weight is 334 g/mol. The molecule has 0 aromatic heterocycles. The third-order valence-electron chi connectivity index (χ3n) is 3.81. The molecule has 3 rings (SSSR count). The maximum Gasteiger partial charge on any atom is 0.271 e. The van der Waals surface area contributed by atoms with Gasteiger partial charge < -0.3 is 9.47 Å². The fourth-order valence-electron chi connectivity index (χ4n) is 2.53. The van der Waals surface area contributed by atoms with Crippen molar-refractivity contribution in [2.45, 2.75) is 0 Å². The fourth-order valence-corrected chi connectivity index (χ4v) is 2.53. The Morgan fingerprint density at radius 2 is 1.64 bits per heavy atom. The van der Waals surface area contributed by atoms with Crippen LogP contribution in [0.5, 0.6) is 11.5 Å². The van der Waals surface area contributed by atoms with Crippen molar-refractivity contribution in [2.75, 3.05) is 14.2 Å². The molecule has 3 aromatic rings. The highest BCUT2D eigenvalue weighted by molar-refractivity contribution is 6.00. The number of methoxy groups -OCH3 is 2.